The van der Waals surface area contributed by atoms with Gasteiger partial charge >= 0.3 is 0 Å². The van der Waals surface area contributed by atoms with Crippen LogP contribution >= 0.6 is 11.8 Å². The van der Waals surface area contributed by atoms with E-state index >= 15 is 0 Å². The zero-order valence-corrected chi connectivity index (χ0v) is 18.9. The Morgan fingerprint density at radius 2 is 1.64 bits per heavy atom. The first-order valence-electron chi connectivity index (χ1n) is 10.9. The van der Waals surface area contributed by atoms with Gasteiger partial charge in [0.2, 0.25) is 0 Å². The Labute approximate surface area is 176 Å². The topological polar surface area (TPSA) is 20.2 Å². The smallest absolute Gasteiger partial charge is 0.127 e. The third-order valence-corrected chi connectivity index (χ3v) is 7.33. The van der Waals surface area contributed by atoms with E-state index in [2.05, 4.69) is 75.9 Å². The minimum atomic E-state index is 0.0614. The maximum atomic E-state index is 11.1. The van der Waals surface area contributed by atoms with Crippen LogP contribution in [0.4, 0.5) is 0 Å². The highest BCUT2D eigenvalue weighted by atomic mass is 32.2. The fraction of sp³-hybridized carbons (Fsp3) is 0.538. The summed E-state index contributed by atoms with van der Waals surface area (Å²) in [6.07, 6.45) is 9.56. The van der Waals surface area contributed by atoms with Crippen molar-refractivity contribution in [3.8, 4) is 16.9 Å². The van der Waals surface area contributed by atoms with E-state index in [4.69, 9.17) is 0 Å². The molecule has 0 unspecified atom stereocenters. The minimum absolute atomic E-state index is 0.0614. The molecule has 0 aromatic heterocycles. The molecule has 1 aliphatic rings. The average molecular weight is 397 g/mol. The summed E-state index contributed by atoms with van der Waals surface area (Å²) >= 11 is 2.05. The number of hydrogen-bond donors (Lipinski definition) is 1. The summed E-state index contributed by atoms with van der Waals surface area (Å²) in [4.78, 5) is 0. The van der Waals surface area contributed by atoms with Crippen molar-refractivity contribution >= 4 is 11.8 Å². The van der Waals surface area contributed by atoms with Crippen molar-refractivity contribution in [1.29, 1.82) is 0 Å². The van der Waals surface area contributed by atoms with E-state index in [1.165, 1.54) is 56.1 Å². The number of benzene rings is 2. The molecule has 0 heterocycles. The predicted octanol–water partition coefficient (Wildman–Crippen LogP) is 8.01. The molecule has 0 saturated heterocycles. The molecule has 3 rings (SSSR count). The van der Waals surface area contributed by atoms with Crippen molar-refractivity contribution in [2.45, 2.75) is 89.1 Å². The van der Waals surface area contributed by atoms with Gasteiger partial charge in [0.1, 0.15) is 5.75 Å². The van der Waals surface area contributed by atoms with Gasteiger partial charge in [0, 0.05) is 22.1 Å². The Hall–Kier alpha value is -1.41. The van der Waals surface area contributed by atoms with E-state index < -0.39 is 0 Å². The molecule has 0 spiro atoms. The highest BCUT2D eigenvalue weighted by molar-refractivity contribution is 7.99. The molecule has 1 fully saturated rings. The summed E-state index contributed by atoms with van der Waals surface area (Å²) in [5.74, 6) is 1.37. The molecule has 2 aromatic carbocycles. The maximum Gasteiger partial charge on any atom is 0.127 e. The van der Waals surface area contributed by atoms with Gasteiger partial charge in [-0.1, -0.05) is 88.8 Å². The summed E-state index contributed by atoms with van der Waals surface area (Å²) in [6.45, 7) is 8.88. The Balaban J connectivity index is 1.90. The number of phenols is 1. The summed E-state index contributed by atoms with van der Waals surface area (Å²) in [5.41, 5.74) is 5.77. The Kier molecular flexibility index (Phi) is 7.15. The average Bonchev–Trinajstić information content (AvgIpc) is 2.61. The van der Waals surface area contributed by atoms with Crippen molar-refractivity contribution in [1.82, 2.24) is 0 Å². The predicted molar refractivity (Wildman–Crippen MR) is 124 cm³/mol. The molecule has 2 aromatic rings. The lowest BCUT2D eigenvalue weighted by Gasteiger charge is -2.24. The first kappa shape index (κ1) is 21.3. The van der Waals surface area contributed by atoms with Gasteiger partial charge in [-0.15, -0.1) is 0 Å². The molecule has 28 heavy (non-hydrogen) atoms. The van der Waals surface area contributed by atoms with E-state index in [1.54, 1.807) is 0 Å². The van der Waals surface area contributed by atoms with Gasteiger partial charge in [-0.05, 0) is 42.4 Å². The molecular formula is C26H36OS. The van der Waals surface area contributed by atoms with Crippen molar-refractivity contribution < 1.29 is 5.11 Å². The lowest BCUT2D eigenvalue weighted by Crippen LogP contribution is -2.12. The largest absolute Gasteiger partial charge is 0.507 e. The zero-order valence-electron chi connectivity index (χ0n) is 18.1. The van der Waals surface area contributed by atoms with Crippen LogP contribution in [-0.2, 0) is 11.2 Å². The van der Waals surface area contributed by atoms with Crippen LogP contribution in [0, 0.1) is 6.92 Å². The maximum absolute atomic E-state index is 11.1. The van der Waals surface area contributed by atoms with Crippen LogP contribution < -0.4 is 0 Å². The Morgan fingerprint density at radius 1 is 0.964 bits per heavy atom. The lowest BCUT2D eigenvalue weighted by molar-refractivity contribution is 0.471. The second-order valence-electron chi connectivity index (χ2n) is 9.43. The SMILES string of the molecule is Cc1cccc(-c2cc(C(C)(C)C)cc(CSC3CCCCCCC3)c2O)c1. The fourth-order valence-corrected chi connectivity index (χ4v) is 5.37. The number of hydrogen-bond acceptors (Lipinski definition) is 2. The number of rotatable bonds is 4. The molecule has 0 radical (unpaired) electrons. The van der Waals surface area contributed by atoms with Crippen LogP contribution in [0.1, 0.15) is 82.4 Å². The lowest BCUT2D eigenvalue weighted by atomic mass is 9.84. The Morgan fingerprint density at radius 3 is 2.29 bits per heavy atom. The normalized spacial score (nSPS) is 16.6. The van der Waals surface area contributed by atoms with Crippen LogP contribution in [0.3, 0.4) is 0 Å². The highest BCUT2D eigenvalue weighted by Crippen LogP contribution is 2.40. The molecule has 1 aliphatic carbocycles. The second-order valence-corrected chi connectivity index (χ2v) is 10.7. The van der Waals surface area contributed by atoms with Crippen molar-refractivity contribution in [2.24, 2.45) is 0 Å². The number of phenolic OH excluding ortho intramolecular Hbond substituents is 1. The molecule has 0 amide bonds. The van der Waals surface area contributed by atoms with Crippen LogP contribution in [0.5, 0.6) is 5.75 Å². The third kappa shape index (κ3) is 5.56. The van der Waals surface area contributed by atoms with Gasteiger partial charge in [-0.25, -0.2) is 0 Å². The van der Waals surface area contributed by atoms with Crippen LogP contribution in [0.15, 0.2) is 36.4 Å². The van der Waals surface area contributed by atoms with Gasteiger partial charge < -0.3 is 5.11 Å². The summed E-state index contributed by atoms with van der Waals surface area (Å²) in [7, 11) is 0. The van der Waals surface area contributed by atoms with Crippen molar-refractivity contribution in [3.05, 3.63) is 53.1 Å². The first-order valence-corrected chi connectivity index (χ1v) is 11.9. The fourth-order valence-electron chi connectivity index (χ4n) is 4.06. The molecule has 0 atom stereocenters. The summed E-state index contributed by atoms with van der Waals surface area (Å²) in [5, 5.41) is 11.9. The molecule has 0 aliphatic heterocycles. The standard InChI is InChI=1S/C26H36OS/c1-19-11-10-12-20(15-19)24-17-22(26(2,3)4)16-21(25(24)27)18-28-23-13-8-6-5-7-9-14-23/h10-12,15-17,23,27H,5-9,13-14,18H2,1-4H3. The van der Waals surface area contributed by atoms with Gasteiger partial charge in [-0.2, -0.15) is 11.8 Å². The molecule has 2 heteroatoms. The van der Waals surface area contributed by atoms with E-state index in [1.807, 2.05) is 0 Å². The van der Waals surface area contributed by atoms with E-state index in [9.17, 15) is 5.11 Å². The third-order valence-electron chi connectivity index (χ3n) is 5.91. The van der Waals surface area contributed by atoms with Crippen molar-refractivity contribution in [3.63, 3.8) is 0 Å². The summed E-state index contributed by atoms with van der Waals surface area (Å²) in [6, 6.07) is 12.9. The van der Waals surface area contributed by atoms with Crippen molar-refractivity contribution in [2.75, 3.05) is 0 Å². The molecular weight excluding hydrogens is 360 g/mol. The van der Waals surface area contributed by atoms with Crippen LogP contribution in [-0.4, -0.2) is 10.4 Å². The molecule has 1 saturated carbocycles. The quantitative estimate of drug-likeness (QED) is 0.564. The van der Waals surface area contributed by atoms with E-state index in [-0.39, 0.29) is 5.41 Å². The molecule has 1 N–H and O–H groups in total. The zero-order chi connectivity index (χ0) is 20.1. The summed E-state index contributed by atoms with van der Waals surface area (Å²) < 4.78 is 0. The van der Waals surface area contributed by atoms with Gasteiger partial charge in [-0.3, -0.25) is 0 Å². The van der Waals surface area contributed by atoms with Gasteiger partial charge in [0.05, 0.1) is 0 Å². The van der Waals surface area contributed by atoms with Gasteiger partial charge in [0.15, 0.2) is 0 Å². The van der Waals surface area contributed by atoms with E-state index in [0.29, 0.717) is 5.75 Å². The minimum Gasteiger partial charge on any atom is -0.507 e. The molecule has 1 nitrogen and oxygen atoms in total. The number of aryl methyl sites for hydroxylation is 1. The number of aromatic hydroxyl groups is 1. The first-order chi connectivity index (χ1) is 13.3. The van der Waals surface area contributed by atoms with Gasteiger partial charge in [0.25, 0.3) is 0 Å². The highest BCUT2D eigenvalue weighted by Gasteiger charge is 2.21. The molecule has 0 bridgehead atoms. The monoisotopic (exact) mass is 396 g/mol. The van der Waals surface area contributed by atoms with E-state index in [0.717, 1.165) is 27.7 Å². The number of thioether (sulfide) groups is 1. The van der Waals surface area contributed by atoms with Crippen LogP contribution in [0.2, 0.25) is 0 Å². The molecule has 152 valence electrons. The Bertz CT molecular complexity index is 780. The van der Waals surface area contributed by atoms with Crippen LogP contribution in [0.25, 0.3) is 11.1 Å². The second kappa shape index (κ2) is 9.39.